The topological polar surface area (TPSA) is 64.3 Å². The maximum Gasteiger partial charge on any atom is 0.332 e. The first-order valence-corrected chi connectivity index (χ1v) is 10.6. The van der Waals surface area contributed by atoms with Crippen molar-refractivity contribution < 1.29 is 14.6 Å². The Morgan fingerprint density at radius 1 is 1.28 bits per heavy atom. The highest BCUT2D eigenvalue weighted by Gasteiger charge is 2.15. The molecule has 0 atom stereocenters. The smallest absolute Gasteiger partial charge is 0.332 e. The number of carbonyl (C=O) groups is 1. The van der Waals surface area contributed by atoms with Crippen molar-refractivity contribution in [3.63, 3.8) is 0 Å². The highest BCUT2D eigenvalue weighted by molar-refractivity contribution is 7.09. The Balaban J connectivity index is 1.99. The summed E-state index contributed by atoms with van der Waals surface area (Å²) in [6.45, 7) is 2.73. The monoisotopic (exact) mass is 410 g/mol. The van der Waals surface area contributed by atoms with E-state index in [1.165, 1.54) is 0 Å². The Morgan fingerprint density at radius 3 is 2.79 bits per heavy atom. The van der Waals surface area contributed by atoms with Gasteiger partial charge in [0.15, 0.2) is 0 Å². The normalized spacial score (nSPS) is 11.6. The summed E-state index contributed by atoms with van der Waals surface area (Å²) in [5, 5.41) is 11.7. The Hall–Kier alpha value is -2.86. The fraction of sp³-hybridized carbons (Fsp3) is 0.304. The number of rotatable bonds is 10. The van der Waals surface area contributed by atoms with Gasteiger partial charge in [-0.2, -0.15) is 0 Å². The van der Waals surface area contributed by atoms with Crippen LogP contribution in [0.5, 0.6) is 5.75 Å². The van der Waals surface area contributed by atoms with E-state index in [-0.39, 0.29) is 0 Å². The molecule has 0 aliphatic carbocycles. The van der Waals surface area contributed by atoms with Gasteiger partial charge in [-0.3, -0.25) is 0 Å². The molecule has 6 heteroatoms. The van der Waals surface area contributed by atoms with Gasteiger partial charge in [0.25, 0.3) is 0 Å². The minimum Gasteiger partial charge on any atom is -0.496 e. The molecular weight excluding hydrogens is 384 g/mol. The van der Waals surface area contributed by atoms with E-state index in [0.717, 1.165) is 47.0 Å². The van der Waals surface area contributed by atoms with Crippen molar-refractivity contribution in [3.8, 4) is 5.75 Å². The van der Waals surface area contributed by atoms with Crippen LogP contribution in [0.3, 0.4) is 0 Å². The number of hydrogen-bond donors (Lipinski definition) is 1. The molecule has 0 saturated carbocycles. The summed E-state index contributed by atoms with van der Waals surface area (Å²) in [7, 11) is 1.66. The Kier molecular flexibility index (Phi) is 7.25. The first-order valence-electron chi connectivity index (χ1n) is 9.75. The van der Waals surface area contributed by atoms with Crippen LogP contribution >= 0.6 is 11.3 Å². The third kappa shape index (κ3) is 5.35. The van der Waals surface area contributed by atoms with Gasteiger partial charge in [-0.25, -0.2) is 9.78 Å². The molecule has 0 radical (unpaired) electrons. The fourth-order valence-electron chi connectivity index (χ4n) is 3.23. The number of aliphatic carboxylic acids is 1. The summed E-state index contributed by atoms with van der Waals surface area (Å²) < 4.78 is 7.60. The van der Waals surface area contributed by atoms with Gasteiger partial charge in [0, 0.05) is 28.9 Å². The number of carboxylic acids is 1. The van der Waals surface area contributed by atoms with Gasteiger partial charge in [0.2, 0.25) is 0 Å². The second kappa shape index (κ2) is 10.1. The number of aromatic nitrogens is 2. The standard InChI is InChI=1S/C23H26N2O3S/c1-3-4-11-22-24-15-19(13-18(23(26)27)14-20-9-7-12-29-20)25(22)16-17-8-5-6-10-21(17)28-2/h5-10,12-13,15H,3-4,11,14,16H2,1-2H3,(H,26,27). The van der Waals surface area contributed by atoms with Gasteiger partial charge < -0.3 is 14.4 Å². The van der Waals surface area contributed by atoms with Crippen LogP contribution in [0.4, 0.5) is 0 Å². The van der Waals surface area contributed by atoms with E-state index in [4.69, 9.17) is 4.74 Å². The van der Waals surface area contributed by atoms with E-state index in [1.54, 1.807) is 30.7 Å². The maximum atomic E-state index is 11.9. The van der Waals surface area contributed by atoms with Gasteiger partial charge in [-0.05, 0) is 30.0 Å². The number of thiophene rings is 1. The molecule has 3 rings (SSSR count). The highest BCUT2D eigenvalue weighted by Crippen LogP contribution is 2.23. The van der Waals surface area contributed by atoms with Crippen molar-refractivity contribution in [2.75, 3.05) is 7.11 Å². The Morgan fingerprint density at radius 2 is 2.10 bits per heavy atom. The quantitative estimate of drug-likeness (QED) is 0.475. The minimum absolute atomic E-state index is 0.357. The van der Waals surface area contributed by atoms with Crippen molar-refractivity contribution in [1.82, 2.24) is 9.55 Å². The van der Waals surface area contributed by atoms with Crippen LogP contribution in [0, 0.1) is 0 Å². The molecule has 0 aliphatic heterocycles. The molecule has 0 amide bonds. The van der Waals surface area contributed by atoms with Gasteiger partial charge >= 0.3 is 5.97 Å². The van der Waals surface area contributed by atoms with Gasteiger partial charge in [-0.15, -0.1) is 11.3 Å². The second-order valence-electron chi connectivity index (χ2n) is 6.83. The van der Waals surface area contributed by atoms with Crippen LogP contribution < -0.4 is 4.74 Å². The predicted molar refractivity (Wildman–Crippen MR) is 117 cm³/mol. The molecule has 1 N–H and O–H groups in total. The number of nitrogens with zero attached hydrogens (tertiary/aromatic N) is 2. The third-order valence-electron chi connectivity index (χ3n) is 4.79. The number of benzene rings is 1. The number of carboxylic acid groups (broad SMARTS) is 1. The molecule has 0 spiro atoms. The average molecular weight is 411 g/mol. The van der Waals surface area contributed by atoms with E-state index in [2.05, 4.69) is 16.5 Å². The van der Waals surface area contributed by atoms with E-state index < -0.39 is 5.97 Å². The number of imidazole rings is 1. The molecule has 5 nitrogen and oxygen atoms in total. The molecule has 0 aliphatic rings. The number of ether oxygens (including phenoxy) is 1. The molecule has 2 heterocycles. The fourth-order valence-corrected chi connectivity index (χ4v) is 3.96. The van der Waals surface area contributed by atoms with E-state index in [0.29, 0.717) is 18.5 Å². The van der Waals surface area contributed by atoms with Crippen molar-refractivity contribution >= 4 is 23.4 Å². The molecule has 1 aromatic carbocycles. The second-order valence-corrected chi connectivity index (χ2v) is 7.86. The van der Waals surface area contributed by atoms with Crippen LogP contribution in [0.2, 0.25) is 0 Å². The minimum atomic E-state index is -0.904. The van der Waals surface area contributed by atoms with Crippen molar-refractivity contribution in [2.45, 2.75) is 39.2 Å². The number of hydrogen-bond acceptors (Lipinski definition) is 4. The highest BCUT2D eigenvalue weighted by atomic mass is 32.1. The molecule has 0 unspecified atom stereocenters. The lowest BCUT2D eigenvalue weighted by atomic mass is 10.1. The number of methoxy groups -OCH3 is 1. The zero-order chi connectivity index (χ0) is 20.6. The lowest BCUT2D eigenvalue weighted by molar-refractivity contribution is -0.132. The molecule has 0 saturated heterocycles. The first-order chi connectivity index (χ1) is 14.1. The van der Waals surface area contributed by atoms with Crippen LogP contribution in [-0.2, 0) is 24.2 Å². The average Bonchev–Trinajstić information content (AvgIpc) is 3.37. The molecule has 0 fully saturated rings. The van der Waals surface area contributed by atoms with Crippen molar-refractivity contribution in [1.29, 1.82) is 0 Å². The van der Waals surface area contributed by atoms with E-state index in [1.807, 2.05) is 41.8 Å². The molecule has 152 valence electrons. The molecular formula is C23H26N2O3S. The SMILES string of the molecule is CCCCc1ncc(C=C(Cc2cccs2)C(=O)O)n1Cc1ccccc1OC. The zero-order valence-electron chi connectivity index (χ0n) is 16.8. The first kappa shape index (κ1) is 20.9. The number of aryl methyl sites for hydroxylation is 1. The summed E-state index contributed by atoms with van der Waals surface area (Å²) in [4.78, 5) is 17.5. The molecule has 2 aromatic heterocycles. The van der Waals surface area contributed by atoms with E-state index >= 15 is 0 Å². The summed E-state index contributed by atoms with van der Waals surface area (Å²) >= 11 is 1.56. The van der Waals surface area contributed by atoms with Crippen LogP contribution in [-0.4, -0.2) is 27.7 Å². The summed E-state index contributed by atoms with van der Waals surface area (Å²) in [6, 6.07) is 11.8. The summed E-state index contributed by atoms with van der Waals surface area (Å²) in [5.41, 5.74) is 2.20. The maximum absolute atomic E-state index is 11.9. The Bertz CT molecular complexity index is 974. The molecule has 3 aromatic rings. The van der Waals surface area contributed by atoms with Crippen LogP contribution in [0.15, 0.2) is 53.5 Å². The van der Waals surface area contributed by atoms with Crippen LogP contribution in [0.25, 0.3) is 6.08 Å². The number of para-hydroxylation sites is 1. The van der Waals surface area contributed by atoms with Gasteiger partial charge in [-0.1, -0.05) is 37.6 Å². The van der Waals surface area contributed by atoms with Gasteiger partial charge in [0.05, 0.1) is 25.5 Å². The molecule has 0 bridgehead atoms. The predicted octanol–water partition coefficient (Wildman–Crippen LogP) is 5.05. The largest absolute Gasteiger partial charge is 0.496 e. The number of unbranched alkanes of at least 4 members (excludes halogenated alkanes) is 1. The lowest BCUT2D eigenvalue weighted by Crippen LogP contribution is -2.10. The lowest BCUT2D eigenvalue weighted by Gasteiger charge is -2.14. The summed E-state index contributed by atoms with van der Waals surface area (Å²) in [5.74, 6) is 0.873. The Labute approximate surface area is 175 Å². The zero-order valence-corrected chi connectivity index (χ0v) is 17.6. The van der Waals surface area contributed by atoms with Crippen molar-refractivity contribution in [3.05, 3.63) is 75.5 Å². The summed E-state index contributed by atoms with van der Waals surface area (Å²) in [6.07, 6.45) is 6.89. The molecule has 29 heavy (non-hydrogen) atoms. The van der Waals surface area contributed by atoms with Crippen LogP contribution in [0.1, 0.15) is 41.7 Å². The van der Waals surface area contributed by atoms with E-state index in [9.17, 15) is 9.90 Å². The third-order valence-corrected chi connectivity index (χ3v) is 5.66. The van der Waals surface area contributed by atoms with Crippen molar-refractivity contribution in [2.24, 2.45) is 0 Å². The van der Waals surface area contributed by atoms with Gasteiger partial charge in [0.1, 0.15) is 11.6 Å².